The Morgan fingerprint density at radius 2 is 1.63 bits per heavy atom. The molecule has 3 rings (SSSR count). The van der Waals surface area contributed by atoms with Gasteiger partial charge in [0.15, 0.2) is 11.5 Å². The highest BCUT2D eigenvalue weighted by Crippen LogP contribution is 2.32. The minimum Gasteiger partial charge on any atom is -0.486 e. The first-order valence-corrected chi connectivity index (χ1v) is 9.61. The van der Waals surface area contributed by atoms with Crippen molar-refractivity contribution in [1.82, 2.24) is 5.32 Å². The first-order chi connectivity index (χ1) is 14.2. The Labute approximate surface area is 175 Å². The van der Waals surface area contributed by atoms with Crippen LogP contribution in [-0.2, 0) is 14.4 Å². The van der Waals surface area contributed by atoms with Gasteiger partial charge in [-0.1, -0.05) is 18.2 Å². The van der Waals surface area contributed by atoms with Gasteiger partial charge in [0, 0.05) is 23.0 Å². The van der Waals surface area contributed by atoms with Gasteiger partial charge in [0.25, 0.3) is 0 Å². The highest BCUT2D eigenvalue weighted by atomic mass is 16.6. The second kappa shape index (κ2) is 8.86. The summed E-state index contributed by atoms with van der Waals surface area (Å²) in [7, 11) is 0. The van der Waals surface area contributed by atoms with Crippen LogP contribution in [0.5, 0.6) is 11.5 Å². The third-order valence-electron chi connectivity index (χ3n) is 4.12. The van der Waals surface area contributed by atoms with Gasteiger partial charge in [-0.25, -0.2) is 0 Å². The van der Waals surface area contributed by atoms with Crippen molar-refractivity contribution in [3.05, 3.63) is 48.5 Å². The number of amides is 3. The van der Waals surface area contributed by atoms with Crippen LogP contribution in [0.25, 0.3) is 0 Å². The zero-order chi connectivity index (χ0) is 21.7. The monoisotopic (exact) mass is 411 g/mol. The number of rotatable bonds is 4. The van der Waals surface area contributed by atoms with Gasteiger partial charge in [-0.05, 0) is 45.0 Å². The highest BCUT2D eigenvalue weighted by Gasteiger charge is 2.27. The number of hydrogen-bond acceptors (Lipinski definition) is 5. The van der Waals surface area contributed by atoms with Gasteiger partial charge >= 0.3 is 11.8 Å². The Hall–Kier alpha value is -3.55. The van der Waals surface area contributed by atoms with Gasteiger partial charge in [-0.2, -0.15) is 0 Å². The molecule has 1 heterocycles. The summed E-state index contributed by atoms with van der Waals surface area (Å²) in [4.78, 5) is 39.1. The van der Waals surface area contributed by atoms with Crippen molar-refractivity contribution in [3.8, 4) is 11.5 Å². The molecule has 0 unspecified atom stereocenters. The topological polar surface area (TPSA) is 97.0 Å². The van der Waals surface area contributed by atoms with Crippen LogP contribution in [0.1, 0.15) is 20.8 Å². The molecule has 8 nitrogen and oxygen atoms in total. The molecule has 1 aliphatic rings. The number of carbonyl (C=O) groups excluding carboxylic acids is 3. The third kappa shape index (κ3) is 5.50. The van der Waals surface area contributed by atoms with Crippen molar-refractivity contribution in [2.45, 2.75) is 26.3 Å². The minimum absolute atomic E-state index is 0.283. The van der Waals surface area contributed by atoms with Crippen LogP contribution in [0.2, 0.25) is 0 Å². The lowest BCUT2D eigenvalue weighted by Crippen LogP contribution is -2.49. The predicted octanol–water partition coefficient (Wildman–Crippen LogP) is 2.34. The lowest BCUT2D eigenvalue weighted by Gasteiger charge is -2.25. The smallest absolute Gasteiger partial charge is 0.317 e. The van der Waals surface area contributed by atoms with Crippen LogP contribution in [-0.4, -0.2) is 43.0 Å². The van der Waals surface area contributed by atoms with E-state index in [0.29, 0.717) is 36.1 Å². The zero-order valence-electron chi connectivity index (χ0n) is 17.2. The van der Waals surface area contributed by atoms with Crippen molar-refractivity contribution in [3.63, 3.8) is 0 Å². The number of ether oxygens (including phenoxy) is 2. The molecule has 30 heavy (non-hydrogen) atoms. The van der Waals surface area contributed by atoms with Gasteiger partial charge in [-0.3, -0.25) is 19.3 Å². The number of nitrogens with one attached hydrogen (secondary N) is 2. The lowest BCUT2D eigenvalue weighted by atomic mass is 10.1. The van der Waals surface area contributed by atoms with Crippen LogP contribution in [0.4, 0.5) is 11.4 Å². The van der Waals surface area contributed by atoms with E-state index in [4.69, 9.17) is 9.47 Å². The Bertz CT molecular complexity index is 938. The largest absolute Gasteiger partial charge is 0.486 e. The van der Waals surface area contributed by atoms with Crippen LogP contribution >= 0.6 is 0 Å². The molecule has 0 spiro atoms. The van der Waals surface area contributed by atoms with E-state index in [1.54, 1.807) is 48.5 Å². The highest BCUT2D eigenvalue weighted by molar-refractivity contribution is 6.44. The van der Waals surface area contributed by atoms with Gasteiger partial charge in [0.05, 0.1) is 0 Å². The van der Waals surface area contributed by atoms with E-state index in [1.807, 2.05) is 20.8 Å². The van der Waals surface area contributed by atoms with Gasteiger partial charge in [-0.15, -0.1) is 0 Å². The summed E-state index contributed by atoms with van der Waals surface area (Å²) >= 11 is 0. The summed E-state index contributed by atoms with van der Waals surface area (Å²) in [6.45, 7) is 6.11. The average Bonchev–Trinajstić information content (AvgIpc) is 2.70. The fourth-order valence-corrected chi connectivity index (χ4v) is 2.92. The van der Waals surface area contributed by atoms with Gasteiger partial charge in [0.1, 0.15) is 19.8 Å². The van der Waals surface area contributed by atoms with Crippen molar-refractivity contribution >= 4 is 29.1 Å². The zero-order valence-corrected chi connectivity index (χ0v) is 17.2. The standard InChI is InChI=1S/C22H25N3O5/c1-22(2,3)24-19(26)14-25(16-7-5-4-6-8-16)21(28)20(27)23-15-9-10-17-18(13-15)30-12-11-29-17/h4-10,13H,11-12,14H2,1-3H3,(H,23,27)(H,24,26). The number of benzene rings is 2. The Morgan fingerprint density at radius 3 is 2.30 bits per heavy atom. The predicted molar refractivity (Wildman–Crippen MR) is 113 cm³/mol. The molecule has 0 bridgehead atoms. The molecule has 0 aromatic heterocycles. The SMILES string of the molecule is CC(C)(C)NC(=O)CN(C(=O)C(=O)Nc1ccc2c(c1)OCCO2)c1ccccc1. The van der Waals surface area contributed by atoms with Gasteiger partial charge in [0.2, 0.25) is 5.91 Å². The van der Waals surface area contributed by atoms with Crippen LogP contribution in [0, 0.1) is 0 Å². The molecule has 0 radical (unpaired) electrons. The molecule has 8 heteroatoms. The van der Waals surface area contributed by atoms with Crippen molar-refractivity contribution in [1.29, 1.82) is 0 Å². The average molecular weight is 411 g/mol. The van der Waals surface area contributed by atoms with Crippen molar-refractivity contribution in [2.24, 2.45) is 0 Å². The van der Waals surface area contributed by atoms with Crippen LogP contribution < -0.4 is 25.0 Å². The fraction of sp³-hybridized carbons (Fsp3) is 0.318. The quantitative estimate of drug-likeness (QED) is 0.753. The van der Waals surface area contributed by atoms with Crippen LogP contribution in [0.3, 0.4) is 0 Å². The molecule has 0 aliphatic carbocycles. The number of nitrogens with zero attached hydrogens (tertiary/aromatic N) is 1. The first-order valence-electron chi connectivity index (χ1n) is 9.61. The molecular formula is C22H25N3O5. The summed E-state index contributed by atoms with van der Waals surface area (Å²) in [6.07, 6.45) is 0. The Balaban J connectivity index is 1.76. The molecule has 2 N–H and O–H groups in total. The molecule has 1 aliphatic heterocycles. The fourth-order valence-electron chi connectivity index (χ4n) is 2.92. The molecule has 2 aromatic carbocycles. The van der Waals surface area contributed by atoms with Gasteiger partial charge < -0.3 is 20.1 Å². The number of carbonyl (C=O) groups is 3. The molecule has 0 saturated carbocycles. The number of hydrogen-bond donors (Lipinski definition) is 2. The molecule has 158 valence electrons. The third-order valence-corrected chi connectivity index (χ3v) is 4.12. The normalized spacial score (nSPS) is 12.6. The molecular weight excluding hydrogens is 386 g/mol. The molecule has 0 atom stereocenters. The molecule has 3 amide bonds. The van der Waals surface area contributed by atoms with Crippen molar-refractivity contribution in [2.75, 3.05) is 30.0 Å². The second-order valence-corrected chi connectivity index (χ2v) is 7.84. The van der Waals surface area contributed by atoms with E-state index in [9.17, 15) is 14.4 Å². The summed E-state index contributed by atoms with van der Waals surface area (Å²) < 4.78 is 11.0. The van der Waals surface area contributed by atoms with E-state index in [0.717, 1.165) is 4.90 Å². The van der Waals surface area contributed by atoms with E-state index in [2.05, 4.69) is 10.6 Å². The Morgan fingerprint density at radius 1 is 0.967 bits per heavy atom. The summed E-state index contributed by atoms with van der Waals surface area (Å²) in [6, 6.07) is 13.5. The van der Waals surface area contributed by atoms with Crippen LogP contribution in [0.15, 0.2) is 48.5 Å². The number of para-hydroxylation sites is 1. The summed E-state index contributed by atoms with van der Waals surface area (Å²) in [5, 5.41) is 5.37. The maximum Gasteiger partial charge on any atom is 0.317 e. The minimum atomic E-state index is -0.862. The molecule has 2 aromatic rings. The second-order valence-electron chi connectivity index (χ2n) is 7.84. The Kier molecular flexibility index (Phi) is 6.25. The van der Waals surface area contributed by atoms with Crippen molar-refractivity contribution < 1.29 is 23.9 Å². The summed E-state index contributed by atoms with van der Waals surface area (Å²) in [5.41, 5.74) is 0.379. The first kappa shape index (κ1) is 21.2. The maximum absolute atomic E-state index is 12.9. The van der Waals surface area contributed by atoms with E-state index in [-0.39, 0.29) is 12.5 Å². The van der Waals surface area contributed by atoms with E-state index >= 15 is 0 Å². The number of fused-ring (bicyclic) bond motifs is 1. The molecule has 0 saturated heterocycles. The van der Waals surface area contributed by atoms with E-state index < -0.39 is 17.4 Å². The summed E-state index contributed by atoms with van der Waals surface area (Å²) in [5.74, 6) is -1.00. The van der Waals surface area contributed by atoms with E-state index in [1.165, 1.54) is 0 Å². The number of anilines is 2. The molecule has 0 fully saturated rings. The maximum atomic E-state index is 12.9. The lowest BCUT2D eigenvalue weighted by molar-refractivity contribution is -0.135.